The van der Waals surface area contributed by atoms with Gasteiger partial charge in [0.1, 0.15) is 0 Å². The molecule has 1 aromatic rings. The molecule has 0 aliphatic carbocycles. The minimum absolute atomic E-state index is 0.728. The molecule has 0 amide bonds. The zero-order valence-corrected chi connectivity index (χ0v) is 9.86. The van der Waals surface area contributed by atoms with Crippen molar-refractivity contribution in [1.82, 2.24) is 0 Å². The van der Waals surface area contributed by atoms with Gasteiger partial charge in [-0.05, 0) is 37.0 Å². The lowest BCUT2D eigenvalue weighted by Crippen LogP contribution is -2.05. The predicted molar refractivity (Wildman–Crippen MR) is 64.1 cm³/mol. The van der Waals surface area contributed by atoms with E-state index in [1.807, 2.05) is 12.1 Å². The van der Waals surface area contributed by atoms with Gasteiger partial charge in [0.05, 0.1) is 10.7 Å². The molecule has 0 saturated heterocycles. The molecule has 0 aliphatic heterocycles. The smallest absolute Gasteiger partial charge is 0.0637 e. The fourth-order valence-corrected chi connectivity index (χ4v) is 1.45. The van der Waals surface area contributed by atoms with Gasteiger partial charge in [-0.15, -0.1) is 0 Å². The summed E-state index contributed by atoms with van der Waals surface area (Å²) in [6.07, 6.45) is 1.17. The van der Waals surface area contributed by atoms with Crippen LogP contribution in [-0.2, 0) is 0 Å². The molecule has 1 nitrogen and oxygen atoms in total. The summed E-state index contributed by atoms with van der Waals surface area (Å²) in [6, 6.07) is 6.05. The van der Waals surface area contributed by atoms with Gasteiger partial charge in [-0.25, -0.2) is 0 Å². The van der Waals surface area contributed by atoms with Crippen molar-refractivity contribution in [3.8, 4) is 0 Å². The average molecular weight is 212 g/mol. The summed E-state index contributed by atoms with van der Waals surface area (Å²) < 4.78 is 0. The van der Waals surface area contributed by atoms with E-state index in [1.54, 1.807) is 0 Å². The minimum Gasteiger partial charge on any atom is -0.384 e. The SMILES string of the molecule is Cc1ccc(Cl)c(NCCC(C)C)c1. The third kappa shape index (κ3) is 3.59. The Morgan fingerprint density at radius 1 is 1.36 bits per heavy atom. The first-order valence-electron chi connectivity index (χ1n) is 5.09. The van der Waals surface area contributed by atoms with E-state index in [0.717, 1.165) is 23.2 Å². The lowest BCUT2D eigenvalue weighted by atomic mass is 10.1. The predicted octanol–water partition coefficient (Wildman–Crippen LogP) is 4.11. The maximum Gasteiger partial charge on any atom is 0.0637 e. The Morgan fingerprint density at radius 3 is 2.71 bits per heavy atom. The third-order valence-corrected chi connectivity index (χ3v) is 2.49. The monoisotopic (exact) mass is 211 g/mol. The molecule has 0 aromatic heterocycles. The van der Waals surface area contributed by atoms with Crippen molar-refractivity contribution in [3.63, 3.8) is 0 Å². The van der Waals surface area contributed by atoms with Crippen LogP contribution in [0.2, 0.25) is 5.02 Å². The highest BCUT2D eigenvalue weighted by atomic mass is 35.5. The summed E-state index contributed by atoms with van der Waals surface area (Å²) in [5.74, 6) is 0.728. The van der Waals surface area contributed by atoms with Crippen LogP contribution in [0.3, 0.4) is 0 Å². The Hall–Kier alpha value is -0.690. The van der Waals surface area contributed by atoms with Gasteiger partial charge in [0.15, 0.2) is 0 Å². The Kier molecular flexibility index (Phi) is 4.27. The van der Waals surface area contributed by atoms with Crippen molar-refractivity contribution in [2.75, 3.05) is 11.9 Å². The van der Waals surface area contributed by atoms with Crippen molar-refractivity contribution in [3.05, 3.63) is 28.8 Å². The van der Waals surface area contributed by atoms with Crippen LogP contribution in [0.25, 0.3) is 0 Å². The molecule has 0 bridgehead atoms. The highest BCUT2D eigenvalue weighted by molar-refractivity contribution is 6.33. The van der Waals surface area contributed by atoms with E-state index in [9.17, 15) is 0 Å². The number of halogens is 1. The molecule has 78 valence electrons. The molecule has 0 radical (unpaired) electrons. The molecule has 0 heterocycles. The highest BCUT2D eigenvalue weighted by Crippen LogP contribution is 2.22. The van der Waals surface area contributed by atoms with Gasteiger partial charge >= 0.3 is 0 Å². The largest absolute Gasteiger partial charge is 0.384 e. The molecular formula is C12H18ClN. The Balaban J connectivity index is 2.53. The number of hydrogen-bond acceptors (Lipinski definition) is 1. The first kappa shape index (κ1) is 11.4. The molecule has 0 spiro atoms. The van der Waals surface area contributed by atoms with Gasteiger partial charge < -0.3 is 5.32 Å². The zero-order valence-electron chi connectivity index (χ0n) is 9.10. The summed E-state index contributed by atoms with van der Waals surface area (Å²) in [6.45, 7) is 7.50. The van der Waals surface area contributed by atoms with Crippen LogP contribution in [0.4, 0.5) is 5.69 Å². The van der Waals surface area contributed by atoms with Crippen LogP contribution in [0.1, 0.15) is 25.8 Å². The van der Waals surface area contributed by atoms with Crippen LogP contribution in [0.15, 0.2) is 18.2 Å². The van der Waals surface area contributed by atoms with Crippen LogP contribution in [0, 0.1) is 12.8 Å². The van der Waals surface area contributed by atoms with Gasteiger partial charge in [0.2, 0.25) is 0 Å². The maximum atomic E-state index is 6.05. The van der Waals surface area contributed by atoms with Gasteiger partial charge in [-0.1, -0.05) is 31.5 Å². The number of anilines is 1. The molecule has 0 aliphatic rings. The summed E-state index contributed by atoms with van der Waals surface area (Å²) in [4.78, 5) is 0. The molecule has 14 heavy (non-hydrogen) atoms. The normalized spacial score (nSPS) is 10.6. The van der Waals surface area contributed by atoms with Crippen LogP contribution in [-0.4, -0.2) is 6.54 Å². The zero-order chi connectivity index (χ0) is 10.6. The minimum atomic E-state index is 0.728. The van der Waals surface area contributed by atoms with Gasteiger partial charge in [-0.2, -0.15) is 0 Å². The van der Waals surface area contributed by atoms with Crippen molar-refractivity contribution < 1.29 is 0 Å². The second-order valence-electron chi connectivity index (χ2n) is 4.09. The van der Waals surface area contributed by atoms with Gasteiger partial charge in [0, 0.05) is 6.54 Å². The molecule has 1 N–H and O–H groups in total. The molecule has 2 heteroatoms. The van der Waals surface area contributed by atoms with E-state index in [4.69, 9.17) is 11.6 Å². The molecule has 0 atom stereocenters. The van der Waals surface area contributed by atoms with Crippen molar-refractivity contribution in [2.24, 2.45) is 5.92 Å². The van der Waals surface area contributed by atoms with Crippen LogP contribution >= 0.6 is 11.6 Å². The number of aryl methyl sites for hydroxylation is 1. The van der Waals surface area contributed by atoms with Crippen LogP contribution in [0.5, 0.6) is 0 Å². The Bertz CT molecular complexity index is 294. The van der Waals surface area contributed by atoms with E-state index in [2.05, 4.69) is 32.2 Å². The number of benzene rings is 1. The number of nitrogens with one attached hydrogen (secondary N) is 1. The van der Waals surface area contributed by atoms with Gasteiger partial charge in [-0.3, -0.25) is 0 Å². The lowest BCUT2D eigenvalue weighted by molar-refractivity contribution is 0.607. The number of rotatable bonds is 4. The fourth-order valence-electron chi connectivity index (χ4n) is 1.27. The van der Waals surface area contributed by atoms with E-state index < -0.39 is 0 Å². The first-order valence-corrected chi connectivity index (χ1v) is 5.47. The molecule has 0 fully saturated rings. The Morgan fingerprint density at radius 2 is 2.07 bits per heavy atom. The quantitative estimate of drug-likeness (QED) is 0.791. The lowest BCUT2D eigenvalue weighted by Gasteiger charge is -2.10. The average Bonchev–Trinajstić information content (AvgIpc) is 2.10. The summed E-state index contributed by atoms with van der Waals surface area (Å²) in [5, 5.41) is 4.16. The molecular weight excluding hydrogens is 194 g/mol. The van der Waals surface area contributed by atoms with E-state index in [0.29, 0.717) is 0 Å². The van der Waals surface area contributed by atoms with Crippen molar-refractivity contribution in [1.29, 1.82) is 0 Å². The maximum absolute atomic E-state index is 6.05. The third-order valence-electron chi connectivity index (χ3n) is 2.16. The summed E-state index contributed by atoms with van der Waals surface area (Å²) in [5.41, 5.74) is 2.29. The summed E-state index contributed by atoms with van der Waals surface area (Å²) in [7, 11) is 0. The highest BCUT2D eigenvalue weighted by Gasteiger charge is 2.00. The van der Waals surface area contributed by atoms with E-state index in [1.165, 1.54) is 12.0 Å². The second-order valence-corrected chi connectivity index (χ2v) is 4.50. The standard InChI is InChI=1S/C12H18ClN/c1-9(2)6-7-14-12-8-10(3)4-5-11(12)13/h4-5,8-9,14H,6-7H2,1-3H3. The topological polar surface area (TPSA) is 12.0 Å². The first-order chi connectivity index (χ1) is 6.59. The molecule has 1 rings (SSSR count). The van der Waals surface area contributed by atoms with Gasteiger partial charge in [0.25, 0.3) is 0 Å². The van der Waals surface area contributed by atoms with E-state index in [-0.39, 0.29) is 0 Å². The second kappa shape index (κ2) is 5.26. The summed E-state index contributed by atoms with van der Waals surface area (Å²) >= 11 is 6.05. The fraction of sp³-hybridized carbons (Fsp3) is 0.500. The molecule has 1 aromatic carbocycles. The number of hydrogen-bond donors (Lipinski definition) is 1. The molecule has 0 unspecified atom stereocenters. The van der Waals surface area contributed by atoms with Crippen molar-refractivity contribution in [2.45, 2.75) is 27.2 Å². The molecule has 0 saturated carbocycles. The van der Waals surface area contributed by atoms with Crippen LogP contribution < -0.4 is 5.32 Å². The Labute approximate surface area is 91.5 Å². The van der Waals surface area contributed by atoms with Crippen molar-refractivity contribution >= 4 is 17.3 Å². The van der Waals surface area contributed by atoms with E-state index >= 15 is 0 Å².